The molecule has 0 saturated heterocycles. The summed E-state index contributed by atoms with van der Waals surface area (Å²) in [5.41, 5.74) is 0. The average molecular weight is 264 g/mol. The van der Waals surface area contributed by atoms with Gasteiger partial charge in [-0.15, -0.1) is 0 Å². The molecule has 0 spiro atoms. The fourth-order valence-corrected chi connectivity index (χ4v) is 2.34. The van der Waals surface area contributed by atoms with Crippen LogP contribution in [0.3, 0.4) is 0 Å². The maximum Gasteiger partial charge on any atom is 0.386 e. The molecule has 0 unspecified atom stereocenters. The Morgan fingerprint density at radius 2 is 0.923 bits per heavy atom. The van der Waals surface area contributed by atoms with Crippen LogP contribution in [0.15, 0.2) is 7.54 Å². The van der Waals surface area contributed by atoms with E-state index in [1.54, 1.807) is 0 Å². The molecule has 0 radical (unpaired) electrons. The van der Waals surface area contributed by atoms with E-state index < -0.39 is 31.2 Å². The highest BCUT2D eigenvalue weighted by molar-refractivity contribution is 8.02. The molecule has 0 aliphatic rings. The second-order valence-corrected chi connectivity index (χ2v) is 5.07. The van der Waals surface area contributed by atoms with E-state index in [-0.39, 0.29) is 0 Å². The van der Waals surface area contributed by atoms with Gasteiger partial charge in [-0.05, 0) is 7.54 Å². The lowest BCUT2D eigenvalue weighted by Crippen LogP contribution is -1.95. The quantitative estimate of drug-likeness (QED) is 0.542. The molecule has 0 saturated carbocycles. The highest BCUT2D eigenvalue weighted by Crippen LogP contribution is 2.10. The van der Waals surface area contributed by atoms with Gasteiger partial charge in [0.05, 0.1) is 0 Å². The van der Waals surface area contributed by atoms with Crippen LogP contribution >= 0.6 is 0 Å². The zero-order valence-electron chi connectivity index (χ0n) is 5.26. The number of nitrogens with zero attached hydrogens (tertiary/aromatic N) is 2. The van der Waals surface area contributed by atoms with E-state index in [0.717, 1.165) is 0 Å². The molecule has 0 aliphatic heterocycles. The summed E-state index contributed by atoms with van der Waals surface area (Å²) in [7, 11) is -17.9. The fourth-order valence-electron chi connectivity index (χ4n) is 0.233. The summed E-state index contributed by atoms with van der Waals surface area (Å²) in [6, 6.07) is 0. The summed E-state index contributed by atoms with van der Waals surface area (Å²) < 4.78 is 86.7. The zero-order chi connectivity index (χ0) is 10.9. The van der Waals surface area contributed by atoms with Crippen molar-refractivity contribution < 1.29 is 32.4 Å². The Balaban J connectivity index is 5.60. The van der Waals surface area contributed by atoms with Crippen LogP contribution in [0.2, 0.25) is 0 Å². The lowest BCUT2D eigenvalue weighted by Gasteiger charge is -1.86. The van der Waals surface area contributed by atoms with Crippen molar-refractivity contribution in [2.75, 3.05) is 0 Å². The molecule has 0 aromatic heterocycles. The van der Waals surface area contributed by atoms with Crippen LogP contribution in [0.4, 0.5) is 15.5 Å². The molecule has 0 aromatic carbocycles. The number of hydrogen-bond acceptors (Lipinski definition) is 4. The molecular weight excluding hydrogens is 264 g/mol. The maximum atomic E-state index is 11.4. The predicted molar refractivity (Wildman–Crippen MR) is 34.5 cm³/mol. The van der Waals surface area contributed by atoms with E-state index in [2.05, 4.69) is 0 Å². The van der Waals surface area contributed by atoms with Gasteiger partial charge < -0.3 is 0 Å². The van der Waals surface area contributed by atoms with Crippen LogP contribution in [0, 0.1) is 0 Å². The van der Waals surface area contributed by atoms with E-state index in [9.17, 15) is 32.4 Å². The van der Waals surface area contributed by atoms with Gasteiger partial charge in [0, 0.05) is 0 Å². The van der Waals surface area contributed by atoms with E-state index in [0.29, 0.717) is 0 Å². The second-order valence-electron chi connectivity index (χ2n) is 1.39. The summed E-state index contributed by atoms with van der Waals surface area (Å²) in [5, 5.41) is 0. The molecule has 0 aromatic rings. The fraction of sp³-hybridized carbons (Fsp3) is 0. The first-order valence-electron chi connectivity index (χ1n) is 2.01. The molecule has 13 heteroatoms. The first-order chi connectivity index (χ1) is 5.41. The molecule has 0 N–H and O–H groups in total. The van der Waals surface area contributed by atoms with Crippen molar-refractivity contribution >= 4 is 31.2 Å². The van der Waals surface area contributed by atoms with Gasteiger partial charge in [-0.25, -0.2) is 0 Å². The Morgan fingerprint density at radius 1 is 0.692 bits per heavy atom. The first-order valence-corrected chi connectivity index (χ1v) is 6.04. The summed E-state index contributed by atoms with van der Waals surface area (Å²) in [4.78, 5) is 0. The minimum atomic E-state index is -6.12. The number of hydrogen-bond donors (Lipinski definition) is 0. The van der Waals surface area contributed by atoms with Crippen molar-refractivity contribution in [3.8, 4) is 0 Å². The first kappa shape index (κ1) is 12.6. The van der Waals surface area contributed by atoms with E-state index in [4.69, 9.17) is 0 Å². The average Bonchev–Trinajstić information content (AvgIpc) is 1.43. The molecule has 0 aliphatic carbocycles. The maximum absolute atomic E-state index is 11.4. The smallest absolute Gasteiger partial charge is 0.179 e. The van der Waals surface area contributed by atoms with Gasteiger partial charge in [-0.3, -0.25) is 0 Å². The molecule has 0 fully saturated rings. The van der Waals surface area contributed by atoms with Gasteiger partial charge in [0.15, 0.2) is 0 Å². The van der Waals surface area contributed by atoms with Gasteiger partial charge in [0.1, 0.15) is 0 Å². The molecule has 0 amide bonds. The SMILES string of the molecule is O=S(=O)(N=S(=O)(F)F)N=S(=O)(F)F. The summed E-state index contributed by atoms with van der Waals surface area (Å²) >= 11 is 0. The predicted octanol–water partition coefficient (Wildman–Crippen LogP) is 0.705. The lowest BCUT2D eigenvalue weighted by atomic mass is 13.9. The normalized spacial score (nSPS) is 13.8. The molecule has 6 nitrogen and oxygen atoms in total. The van der Waals surface area contributed by atoms with Crippen molar-refractivity contribution in [1.82, 2.24) is 0 Å². The Labute approximate surface area is 71.7 Å². The Bertz CT molecular complexity index is 456. The third-order valence-corrected chi connectivity index (χ3v) is 3.26. The minimum absolute atomic E-state index is 1.17. The Morgan fingerprint density at radius 3 is 1.08 bits per heavy atom. The van der Waals surface area contributed by atoms with Crippen LogP contribution in [0.1, 0.15) is 0 Å². The van der Waals surface area contributed by atoms with E-state index in [1.807, 2.05) is 0 Å². The lowest BCUT2D eigenvalue weighted by molar-refractivity contribution is 0.578. The molecule has 0 bridgehead atoms. The van der Waals surface area contributed by atoms with Crippen LogP contribution in [0.5, 0.6) is 0 Å². The van der Waals surface area contributed by atoms with Gasteiger partial charge in [-0.2, -0.15) is 16.8 Å². The van der Waals surface area contributed by atoms with Crippen LogP contribution < -0.4 is 0 Å². The standard InChI is InChI=1S/F4N2O4S3/c1-11(2,7)5-13(9,10)6-12(3,4)8. The van der Waals surface area contributed by atoms with Gasteiger partial charge in [0.25, 0.3) is 0 Å². The monoisotopic (exact) mass is 264 g/mol. The highest BCUT2D eigenvalue weighted by atomic mass is 32.3. The van der Waals surface area contributed by atoms with Crippen molar-refractivity contribution in [3.63, 3.8) is 0 Å². The van der Waals surface area contributed by atoms with Gasteiger partial charge >= 0.3 is 31.2 Å². The summed E-state index contributed by atoms with van der Waals surface area (Å²) in [6.45, 7) is 0. The van der Waals surface area contributed by atoms with Crippen LogP contribution in [0.25, 0.3) is 0 Å². The third-order valence-electron chi connectivity index (χ3n) is 0.362. The zero-order valence-corrected chi connectivity index (χ0v) is 7.71. The van der Waals surface area contributed by atoms with E-state index >= 15 is 0 Å². The summed E-state index contributed by atoms with van der Waals surface area (Å²) in [5.74, 6) is 0. The Hall–Kier alpha value is -0.430. The number of rotatable bonds is 2. The highest BCUT2D eigenvalue weighted by Gasteiger charge is 2.18. The minimum Gasteiger partial charge on any atom is -0.179 e. The van der Waals surface area contributed by atoms with Gasteiger partial charge in [-0.1, -0.05) is 15.5 Å². The molecular formula is F4N2O4S3. The third kappa shape index (κ3) is 7.92. The molecule has 0 atom stereocenters. The molecule has 13 heavy (non-hydrogen) atoms. The van der Waals surface area contributed by atoms with Crippen molar-refractivity contribution in [2.24, 2.45) is 7.54 Å². The largest absolute Gasteiger partial charge is 0.386 e. The van der Waals surface area contributed by atoms with Crippen molar-refractivity contribution in [3.05, 3.63) is 0 Å². The van der Waals surface area contributed by atoms with Crippen LogP contribution in [-0.2, 0) is 31.2 Å². The molecule has 0 heterocycles. The summed E-state index contributed by atoms with van der Waals surface area (Å²) in [6.07, 6.45) is 0. The van der Waals surface area contributed by atoms with Crippen molar-refractivity contribution in [2.45, 2.75) is 0 Å². The van der Waals surface area contributed by atoms with Crippen molar-refractivity contribution in [1.29, 1.82) is 0 Å². The topological polar surface area (TPSA) is 93.0 Å². The second kappa shape index (κ2) is 3.38. The number of halogens is 4. The van der Waals surface area contributed by atoms with Gasteiger partial charge in [0.2, 0.25) is 0 Å². The molecule has 0 rings (SSSR count). The Kier molecular flexibility index (Phi) is 3.26. The van der Waals surface area contributed by atoms with Crippen LogP contribution in [-0.4, -0.2) is 16.8 Å². The molecule has 80 valence electrons. The van der Waals surface area contributed by atoms with E-state index in [1.165, 1.54) is 7.54 Å².